The SMILES string of the molecule is CC(C)(F)c1cc(NC(=O)Nc2ccc(-c3ccc(CS(=O)(=O)O)nc3)cc2)on1. The van der Waals surface area contributed by atoms with Crippen LogP contribution in [0.25, 0.3) is 11.1 Å². The molecule has 2 amide bonds. The van der Waals surface area contributed by atoms with E-state index in [0.717, 1.165) is 11.1 Å². The first-order chi connectivity index (χ1) is 14.0. The van der Waals surface area contributed by atoms with Crippen LogP contribution in [0, 0.1) is 0 Å². The first kappa shape index (κ1) is 21.4. The fourth-order valence-corrected chi connectivity index (χ4v) is 3.05. The number of hydrogen-bond acceptors (Lipinski definition) is 6. The molecule has 0 aliphatic heterocycles. The Morgan fingerprint density at radius 1 is 1.13 bits per heavy atom. The van der Waals surface area contributed by atoms with Gasteiger partial charge in [0.05, 0.1) is 5.69 Å². The Kier molecular flexibility index (Phi) is 5.85. The number of amides is 2. The van der Waals surface area contributed by atoms with E-state index in [0.29, 0.717) is 5.69 Å². The lowest BCUT2D eigenvalue weighted by molar-refractivity contribution is 0.205. The van der Waals surface area contributed by atoms with Gasteiger partial charge in [0, 0.05) is 23.5 Å². The highest BCUT2D eigenvalue weighted by Crippen LogP contribution is 2.26. The highest BCUT2D eigenvalue weighted by Gasteiger charge is 2.24. The second kappa shape index (κ2) is 8.20. The largest absolute Gasteiger partial charge is 0.338 e. The quantitative estimate of drug-likeness (QED) is 0.500. The van der Waals surface area contributed by atoms with Gasteiger partial charge < -0.3 is 9.84 Å². The number of hydrogen-bond donors (Lipinski definition) is 3. The minimum atomic E-state index is -4.14. The van der Waals surface area contributed by atoms with E-state index in [1.807, 2.05) is 0 Å². The van der Waals surface area contributed by atoms with Gasteiger partial charge in [-0.15, -0.1) is 0 Å². The van der Waals surface area contributed by atoms with Crippen molar-refractivity contribution in [3.63, 3.8) is 0 Å². The Morgan fingerprint density at radius 2 is 1.80 bits per heavy atom. The van der Waals surface area contributed by atoms with Gasteiger partial charge in [0.1, 0.15) is 11.4 Å². The summed E-state index contributed by atoms with van der Waals surface area (Å²) in [5.74, 6) is -0.540. The normalized spacial score (nSPS) is 11.9. The van der Waals surface area contributed by atoms with Crippen molar-refractivity contribution in [2.75, 3.05) is 10.6 Å². The highest BCUT2D eigenvalue weighted by atomic mass is 32.2. The molecule has 0 spiro atoms. The summed E-state index contributed by atoms with van der Waals surface area (Å²) in [7, 11) is -4.14. The molecule has 0 atom stereocenters. The molecule has 2 aromatic heterocycles. The fourth-order valence-electron chi connectivity index (χ4n) is 2.50. The average Bonchev–Trinajstić information content (AvgIpc) is 3.10. The third-order valence-corrected chi connectivity index (χ3v) is 4.65. The number of aromatic nitrogens is 2. The topological polar surface area (TPSA) is 134 Å². The molecule has 0 saturated heterocycles. The van der Waals surface area contributed by atoms with Crippen LogP contribution in [0.2, 0.25) is 0 Å². The van der Waals surface area contributed by atoms with E-state index >= 15 is 0 Å². The van der Waals surface area contributed by atoms with E-state index in [1.54, 1.807) is 30.3 Å². The Labute approximate surface area is 172 Å². The van der Waals surface area contributed by atoms with Crippen molar-refractivity contribution in [2.24, 2.45) is 0 Å². The molecule has 3 rings (SSSR count). The van der Waals surface area contributed by atoms with Crippen LogP contribution in [0.3, 0.4) is 0 Å². The molecule has 1 aromatic carbocycles. The Bertz CT molecular complexity index is 1140. The van der Waals surface area contributed by atoms with Crippen LogP contribution in [0.15, 0.2) is 53.2 Å². The second-order valence-electron chi connectivity index (χ2n) is 6.97. The number of nitrogens with zero attached hydrogens (tertiary/aromatic N) is 2. The van der Waals surface area contributed by atoms with Crippen LogP contribution in [0.5, 0.6) is 0 Å². The van der Waals surface area contributed by atoms with Gasteiger partial charge >= 0.3 is 6.03 Å². The molecule has 3 aromatic rings. The van der Waals surface area contributed by atoms with Gasteiger partial charge in [0.25, 0.3) is 10.1 Å². The fraction of sp³-hybridized carbons (Fsp3) is 0.211. The maximum atomic E-state index is 13.8. The summed E-state index contributed by atoms with van der Waals surface area (Å²) in [6.45, 7) is 2.65. The van der Waals surface area contributed by atoms with Crippen molar-refractivity contribution in [3.05, 3.63) is 60.0 Å². The highest BCUT2D eigenvalue weighted by molar-refractivity contribution is 7.85. The maximum Gasteiger partial charge on any atom is 0.326 e. The molecule has 3 N–H and O–H groups in total. The van der Waals surface area contributed by atoms with Gasteiger partial charge in [-0.3, -0.25) is 14.9 Å². The number of urea groups is 1. The molecular formula is C19H19FN4O5S. The molecule has 158 valence electrons. The van der Waals surface area contributed by atoms with Gasteiger partial charge in [0.2, 0.25) is 5.88 Å². The van der Waals surface area contributed by atoms with Gasteiger partial charge in [0.15, 0.2) is 5.67 Å². The van der Waals surface area contributed by atoms with Gasteiger partial charge in [-0.2, -0.15) is 8.42 Å². The van der Waals surface area contributed by atoms with Crippen LogP contribution in [-0.2, 0) is 21.5 Å². The molecule has 0 saturated carbocycles. The molecule has 0 aliphatic rings. The lowest BCUT2D eigenvalue weighted by Crippen LogP contribution is -2.19. The molecule has 0 aliphatic carbocycles. The number of pyridine rings is 1. The number of anilines is 2. The summed E-state index contributed by atoms with van der Waals surface area (Å²) in [4.78, 5) is 16.1. The molecule has 2 heterocycles. The van der Waals surface area contributed by atoms with E-state index < -0.39 is 27.6 Å². The number of nitrogens with one attached hydrogen (secondary N) is 2. The van der Waals surface area contributed by atoms with E-state index in [-0.39, 0.29) is 17.3 Å². The number of alkyl halides is 1. The zero-order valence-electron chi connectivity index (χ0n) is 16.1. The summed E-state index contributed by atoms with van der Waals surface area (Å²) in [6.07, 6.45) is 1.49. The molecule has 0 fully saturated rings. The summed E-state index contributed by atoms with van der Waals surface area (Å²) in [5, 5.41) is 8.61. The zero-order valence-corrected chi connectivity index (χ0v) is 16.9. The van der Waals surface area contributed by atoms with Crippen molar-refractivity contribution < 1.29 is 26.7 Å². The number of benzene rings is 1. The van der Waals surface area contributed by atoms with E-state index in [1.165, 1.54) is 32.2 Å². The Balaban J connectivity index is 1.61. The van der Waals surface area contributed by atoms with Gasteiger partial charge in [-0.25, -0.2) is 9.18 Å². The number of halogens is 1. The predicted octanol–water partition coefficient (Wildman–Crippen LogP) is 3.97. The third kappa shape index (κ3) is 5.84. The molecule has 11 heteroatoms. The second-order valence-corrected chi connectivity index (χ2v) is 8.42. The van der Waals surface area contributed by atoms with Crippen LogP contribution >= 0.6 is 0 Å². The summed E-state index contributed by atoms with van der Waals surface area (Å²) in [5.41, 5.74) is 0.624. The molecule has 9 nitrogen and oxygen atoms in total. The minimum absolute atomic E-state index is 0.0147. The van der Waals surface area contributed by atoms with E-state index in [9.17, 15) is 17.6 Å². The maximum absolute atomic E-state index is 13.8. The standard InChI is InChI=1S/C19H19FN4O5S/c1-19(2,20)16-9-17(29-24-16)23-18(25)22-14-6-3-12(4-7-14)13-5-8-15(21-10-13)11-30(26,27)28/h3-10H,11H2,1-2H3,(H2,22,23,25)(H,26,27,28). The summed E-state index contributed by atoms with van der Waals surface area (Å²) in [6, 6.07) is 10.7. The lowest BCUT2D eigenvalue weighted by atomic mass is 10.1. The predicted molar refractivity (Wildman–Crippen MR) is 108 cm³/mol. The first-order valence-corrected chi connectivity index (χ1v) is 10.4. The van der Waals surface area contributed by atoms with Crippen LogP contribution in [-0.4, -0.2) is 29.1 Å². The molecular weight excluding hydrogens is 415 g/mol. The van der Waals surface area contributed by atoms with Gasteiger partial charge in [-0.1, -0.05) is 23.4 Å². The van der Waals surface area contributed by atoms with Gasteiger partial charge in [-0.05, 0) is 37.6 Å². The van der Waals surface area contributed by atoms with Crippen molar-refractivity contribution in [2.45, 2.75) is 25.3 Å². The molecule has 0 unspecified atom stereocenters. The molecule has 0 bridgehead atoms. The smallest absolute Gasteiger partial charge is 0.326 e. The summed E-state index contributed by atoms with van der Waals surface area (Å²) < 4.78 is 49.3. The number of carbonyl (C=O) groups excluding carboxylic acids is 1. The lowest BCUT2D eigenvalue weighted by Gasteiger charge is -2.08. The Morgan fingerprint density at radius 3 is 2.33 bits per heavy atom. The zero-order chi connectivity index (χ0) is 21.9. The number of carbonyl (C=O) groups is 1. The molecule has 30 heavy (non-hydrogen) atoms. The monoisotopic (exact) mass is 434 g/mol. The van der Waals surface area contributed by atoms with Crippen LogP contribution < -0.4 is 10.6 Å². The van der Waals surface area contributed by atoms with E-state index in [4.69, 9.17) is 9.08 Å². The number of rotatable bonds is 6. The average molecular weight is 434 g/mol. The van der Waals surface area contributed by atoms with Crippen molar-refractivity contribution >= 4 is 27.7 Å². The van der Waals surface area contributed by atoms with Crippen molar-refractivity contribution in [1.82, 2.24) is 10.1 Å². The van der Waals surface area contributed by atoms with E-state index in [2.05, 4.69) is 20.8 Å². The van der Waals surface area contributed by atoms with Crippen LogP contribution in [0.4, 0.5) is 20.8 Å². The Hall–Kier alpha value is -3.31. The van der Waals surface area contributed by atoms with Crippen LogP contribution in [0.1, 0.15) is 25.2 Å². The first-order valence-electron chi connectivity index (χ1n) is 8.74. The minimum Gasteiger partial charge on any atom is -0.338 e. The van der Waals surface area contributed by atoms with Crippen molar-refractivity contribution in [1.29, 1.82) is 0 Å². The molecule has 0 radical (unpaired) electrons. The summed E-state index contributed by atoms with van der Waals surface area (Å²) >= 11 is 0. The van der Waals surface area contributed by atoms with Crippen molar-refractivity contribution in [3.8, 4) is 11.1 Å². The third-order valence-electron chi connectivity index (χ3n) is 3.99.